The summed E-state index contributed by atoms with van der Waals surface area (Å²) in [6, 6.07) is 3.03. The number of anilines is 1. The SMILES string of the molecule is Fc1cccnc1NCCC1CCC1. The lowest BCUT2D eigenvalue weighted by Crippen LogP contribution is -2.16. The Labute approximate surface area is 83.6 Å². The van der Waals surface area contributed by atoms with Gasteiger partial charge in [0, 0.05) is 12.7 Å². The highest BCUT2D eigenvalue weighted by molar-refractivity contribution is 5.35. The average Bonchev–Trinajstić information content (AvgIpc) is 2.12. The summed E-state index contributed by atoms with van der Waals surface area (Å²) in [6.07, 6.45) is 6.78. The maximum atomic E-state index is 13.1. The first-order chi connectivity index (χ1) is 6.86. The molecule has 1 aliphatic carbocycles. The largest absolute Gasteiger partial charge is 0.368 e. The van der Waals surface area contributed by atoms with Crippen molar-refractivity contribution >= 4 is 5.82 Å². The van der Waals surface area contributed by atoms with Gasteiger partial charge in [0.05, 0.1) is 0 Å². The number of pyridine rings is 1. The van der Waals surface area contributed by atoms with Crippen LogP contribution in [0, 0.1) is 11.7 Å². The van der Waals surface area contributed by atoms with E-state index in [0.29, 0.717) is 5.82 Å². The van der Waals surface area contributed by atoms with Gasteiger partial charge in [-0.3, -0.25) is 0 Å². The molecular weight excluding hydrogens is 179 g/mol. The second-order valence-electron chi connectivity index (χ2n) is 3.85. The molecule has 0 amide bonds. The van der Waals surface area contributed by atoms with Gasteiger partial charge in [-0.25, -0.2) is 9.37 Å². The standard InChI is InChI=1S/C11H15FN2/c12-10-5-2-7-13-11(10)14-8-6-9-3-1-4-9/h2,5,7,9H,1,3-4,6,8H2,(H,13,14). The van der Waals surface area contributed by atoms with Gasteiger partial charge in [-0.15, -0.1) is 0 Å². The van der Waals surface area contributed by atoms with Gasteiger partial charge in [0.25, 0.3) is 0 Å². The van der Waals surface area contributed by atoms with Crippen molar-refractivity contribution in [3.05, 3.63) is 24.1 Å². The minimum atomic E-state index is -0.263. The highest BCUT2D eigenvalue weighted by Gasteiger charge is 2.16. The number of nitrogens with one attached hydrogen (secondary N) is 1. The monoisotopic (exact) mass is 194 g/mol. The molecule has 0 atom stereocenters. The van der Waals surface area contributed by atoms with E-state index in [4.69, 9.17) is 0 Å². The second kappa shape index (κ2) is 4.40. The van der Waals surface area contributed by atoms with Gasteiger partial charge in [-0.05, 0) is 24.5 Å². The van der Waals surface area contributed by atoms with Crippen LogP contribution in [0.2, 0.25) is 0 Å². The predicted octanol–water partition coefficient (Wildman–Crippen LogP) is 2.82. The summed E-state index contributed by atoms with van der Waals surface area (Å²) in [5.74, 6) is 0.974. The van der Waals surface area contributed by atoms with Crippen LogP contribution in [0.3, 0.4) is 0 Å². The lowest BCUT2D eigenvalue weighted by atomic mass is 9.83. The Morgan fingerprint density at radius 2 is 2.36 bits per heavy atom. The zero-order chi connectivity index (χ0) is 9.80. The van der Waals surface area contributed by atoms with Crippen molar-refractivity contribution in [3.8, 4) is 0 Å². The Morgan fingerprint density at radius 3 is 3.00 bits per heavy atom. The van der Waals surface area contributed by atoms with Crippen molar-refractivity contribution in [2.75, 3.05) is 11.9 Å². The quantitative estimate of drug-likeness (QED) is 0.797. The molecule has 1 heterocycles. The summed E-state index contributed by atoms with van der Waals surface area (Å²) in [5, 5.41) is 3.03. The molecule has 0 unspecified atom stereocenters. The number of hydrogen-bond donors (Lipinski definition) is 1. The number of halogens is 1. The lowest BCUT2D eigenvalue weighted by Gasteiger charge is -2.25. The summed E-state index contributed by atoms with van der Waals surface area (Å²) in [7, 11) is 0. The molecule has 1 aromatic heterocycles. The number of aromatic nitrogens is 1. The summed E-state index contributed by atoms with van der Waals surface area (Å²) in [5.41, 5.74) is 0. The van der Waals surface area contributed by atoms with E-state index in [1.54, 1.807) is 12.3 Å². The third-order valence-corrected chi connectivity index (χ3v) is 2.83. The van der Waals surface area contributed by atoms with Crippen LogP contribution in [0.25, 0.3) is 0 Å². The maximum absolute atomic E-state index is 13.1. The van der Waals surface area contributed by atoms with Gasteiger partial charge in [0.1, 0.15) is 0 Å². The molecule has 14 heavy (non-hydrogen) atoms. The third kappa shape index (κ3) is 2.22. The normalized spacial score (nSPS) is 16.4. The molecular formula is C11H15FN2. The molecule has 0 bridgehead atoms. The van der Waals surface area contributed by atoms with Crippen LogP contribution in [0.4, 0.5) is 10.2 Å². The molecule has 2 nitrogen and oxygen atoms in total. The summed E-state index contributed by atoms with van der Waals surface area (Å²) >= 11 is 0. The van der Waals surface area contributed by atoms with E-state index < -0.39 is 0 Å². The first-order valence-electron chi connectivity index (χ1n) is 5.20. The fraction of sp³-hybridized carbons (Fsp3) is 0.545. The van der Waals surface area contributed by atoms with Gasteiger partial charge in [0.15, 0.2) is 11.6 Å². The van der Waals surface area contributed by atoms with E-state index in [-0.39, 0.29) is 5.82 Å². The molecule has 1 fully saturated rings. The second-order valence-corrected chi connectivity index (χ2v) is 3.85. The van der Waals surface area contributed by atoms with Crippen molar-refractivity contribution in [2.45, 2.75) is 25.7 Å². The van der Waals surface area contributed by atoms with E-state index >= 15 is 0 Å². The molecule has 1 aromatic rings. The van der Waals surface area contributed by atoms with Crippen molar-refractivity contribution in [2.24, 2.45) is 5.92 Å². The van der Waals surface area contributed by atoms with Gasteiger partial charge in [0.2, 0.25) is 0 Å². The van der Waals surface area contributed by atoms with Gasteiger partial charge < -0.3 is 5.32 Å². The zero-order valence-corrected chi connectivity index (χ0v) is 8.17. The number of nitrogens with zero attached hydrogens (tertiary/aromatic N) is 1. The Morgan fingerprint density at radius 1 is 1.50 bits per heavy atom. The van der Waals surface area contributed by atoms with Crippen LogP contribution < -0.4 is 5.32 Å². The van der Waals surface area contributed by atoms with Crippen LogP contribution in [-0.4, -0.2) is 11.5 Å². The summed E-state index contributed by atoms with van der Waals surface area (Å²) in [6.45, 7) is 0.832. The smallest absolute Gasteiger partial charge is 0.165 e. The molecule has 76 valence electrons. The molecule has 0 aliphatic heterocycles. The fourth-order valence-electron chi connectivity index (χ4n) is 1.69. The van der Waals surface area contributed by atoms with Crippen molar-refractivity contribution in [1.82, 2.24) is 4.98 Å². The molecule has 0 aromatic carbocycles. The molecule has 1 saturated carbocycles. The van der Waals surface area contributed by atoms with Crippen molar-refractivity contribution in [1.29, 1.82) is 0 Å². The minimum Gasteiger partial charge on any atom is -0.368 e. The van der Waals surface area contributed by atoms with Crippen molar-refractivity contribution < 1.29 is 4.39 Å². The highest BCUT2D eigenvalue weighted by Crippen LogP contribution is 2.29. The van der Waals surface area contributed by atoms with Crippen LogP contribution >= 0.6 is 0 Å². The van der Waals surface area contributed by atoms with Gasteiger partial charge in [-0.2, -0.15) is 0 Å². The molecule has 0 radical (unpaired) electrons. The average molecular weight is 194 g/mol. The molecule has 3 heteroatoms. The lowest BCUT2D eigenvalue weighted by molar-refractivity contribution is 0.302. The number of rotatable bonds is 4. The first kappa shape index (κ1) is 9.44. The molecule has 1 N–H and O–H groups in total. The Bertz CT molecular complexity index is 297. The maximum Gasteiger partial charge on any atom is 0.165 e. The first-order valence-corrected chi connectivity index (χ1v) is 5.20. The van der Waals surface area contributed by atoms with Crippen LogP contribution in [0.15, 0.2) is 18.3 Å². The Balaban J connectivity index is 1.76. The van der Waals surface area contributed by atoms with Gasteiger partial charge in [-0.1, -0.05) is 19.3 Å². The minimum absolute atomic E-state index is 0.263. The van der Waals surface area contributed by atoms with E-state index in [0.717, 1.165) is 18.9 Å². The summed E-state index contributed by atoms with van der Waals surface area (Å²) < 4.78 is 13.1. The van der Waals surface area contributed by atoms with Crippen LogP contribution in [0.1, 0.15) is 25.7 Å². The molecule has 0 spiro atoms. The van der Waals surface area contributed by atoms with E-state index in [1.807, 2.05) is 0 Å². The van der Waals surface area contributed by atoms with E-state index in [9.17, 15) is 4.39 Å². The zero-order valence-electron chi connectivity index (χ0n) is 8.17. The Kier molecular flexibility index (Phi) is 2.96. The summed E-state index contributed by atoms with van der Waals surface area (Å²) in [4.78, 5) is 3.93. The third-order valence-electron chi connectivity index (χ3n) is 2.83. The van der Waals surface area contributed by atoms with Crippen LogP contribution in [-0.2, 0) is 0 Å². The molecule has 2 rings (SSSR count). The predicted molar refractivity (Wildman–Crippen MR) is 54.6 cm³/mol. The van der Waals surface area contributed by atoms with E-state index in [2.05, 4.69) is 10.3 Å². The highest BCUT2D eigenvalue weighted by atomic mass is 19.1. The van der Waals surface area contributed by atoms with Crippen molar-refractivity contribution in [3.63, 3.8) is 0 Å². The van der Waals surface area contributed by atoms with E-state index in [1.165, 1.54) is 25.3 Å². The van der Waals surface area contributed by atoms with Gasteiger partial charge >= 0.3 is 0 Å². The fourth-order valence-corrected chi connectivity index (χ4v) is 1.69. The molecule has 1 aliphatic rings. The molecule has 0 saturated heterocycles. The van der Waals surface area contributed by atoms with Crippen LogP contribution in [0.5, 0.6) is 0 Å². The Hall–Kier alpha value is -1.12. The number of hydrogen-bond acceptors (Lipinski definition) is 2. The topological polar surface area (TPSA) is 24.9 Å².